The van der Waals surface area contributed by atoms with Crippen LogP contribution in [0.2, 0.25) is 0 Å². The number of aliphatic carboxylic acids is 1. The van der Waals surface area contributed by atoms with Crippen LogP contribution in [0.5, 0.6) is 0 Å². The molecule has 66 valence electrons. The monoisotopic (exact) mass is 169 g/mol. The van der Waals surface area contributed by atoms with Crippen LogP contribution in [0.3, 0.4) is 0 Å². The molecule has 0 aliphatic carbocycles. The fourth-order valence-corrected chi connectivity index (χ4v) is 0.854. The van der Waals surface area contributed by atoms with Gasteiger partial charge in [-0.25, -0.2) is 9.78 Å². The molecule has 0 bridgehead atoms. The zero-order chi connectivity index (χ0) is 9.19. The first-order valence-corrected chi connectivity index (χ1v) is 3.53. The normalized spacial score (nSPS) is 15.5. The average Bonchev–Trinajstić information content (AvgIpc) is 2.54. The van der Waals surface area contributed by atoms with Crippen LogP contribution in [0.4, 0.5) is 0 Å². The molecule has 1 heterocycles. The third-order valence-electron chi connectivity index (χ3n) is 1.93. The fourth-order valence-electron chi connectivity index (χ4n) is 0.854. The van der Waals surface area contributed by atoms with E-state index in [1.165, 1.54) is 17.1 Å². The molecule has 0 amide bonds. The number of hydrogen-bond acceptors (Lipinski definition) is 3. The Balaban J connectivity index is 3.04. The lowest BCUT2D eigenvalue weighted by Crippen LogP contribution is -2.44. The van der Waals surface area contributed by atoms with E-state index in [-0.39, 0.29) is 6.54 Å². The molecule has 0 radical (unpaired) electrons. The summed E-state index contributed by atoms with van der Waals surface area (Å²) in [7, 11) is 0. The minimum absolute atomic E-state index is 0.0404. The van der Waals surface area contributed by atoms with E-state index in [4.69, 9.17) is 10.8 Å². The number of nitrogens with two attached hydrogens (primary N) is 1. The molecule has 0 aliphatic rings. The molecular formula is C7H11N3O2. The summed E-state index contributed by atoms with van der Waals surface area (Å²) in [5.74, 6) is -0.956. The van der Waals surface area contributed by atoms with Crippen molar-refractivity contribution < 1.29 is 9.90 Å². The van der Waals surface area contributed by atoms with Crippen molar-refractivity contribution >= 4 is 5.97 Å². The van der Waals surface area contributed by atoms with Crippen LogP contribution in [0, 0.1) is 0 Å². The second kappa shape index (κ2) is 2.94. The maximum atomic E-state index is 10.8. The van der Waals surface area contributed by atoms with Gasteiger partial charge in [0.1, 0.15) is 0 Å². The van der Waals surface area contributed by atoms with Crippen molar-refractivity contribution in [2.75, 3.05) is 6.54 Å². The van der Waals surface area contributed by atoms with Crippen LogP contribution < -0.4 is 5.73 Å². The topological polar surface area (TPSA) is 81.1 Å². The van der Waals surface area contributed by atoms with Crippen molar-refractivity contribution in [2.24, 2.45) is 5.73 Å². The van der Waals surface area contributed by atoms with E-state index in [2.05, 4.69) is 4.98 Å². The molecule has 0 unspecified atom stereocenters. The SMILES string of the molecule is C[C@](CN)(C(=O)O)n1ccnc1. The van der Waals surface area contributed by atoms with Gasteiger partial charge < -0.3 is 15.4 Å². The zero-order valence-electron chi connectivity index (χ0n) is 6.77. The van der Waals surface area contributed by atoms with Gasteiger partial charge in [-0.05, 0) is 6.92 Å². The van der Waals surface area contributed by atoms with Gasteiger partial charge in [0, 0.05) is 18.9 Å². The van der Waals surface area contributed by atoms with E-state index in [0.29, 0.717) is 0 Å². The Kier molecular flexibility index (Phi) is 2.14. The lowest BCUT2D eigenvalue weighted by atomic mass is 10.0. The van der Waals surface area contributed by atoms with Gasteiger partial charge in [-0.3, -0.25) is 0 Å². The maximum absolute atomic E-state index is 10.8. The second-order valence-corrected chi connectivity index (χ2v) is 2.75. The van der Waals surface area contributed by atoms with Gasteiger partial charge in [0.2, 0.25) is 0 Å². The smallest absolute Gasteiger partial charge is 0.330 e. The number of carbonyl (C=O) groups is 1. The van der Waals surface area contributed by atoms with Crippen molar-refractivity contribution in [2.45, 2.75) is 12.5 Å². The molecule has 1 rings (SSSR count). The molecule has 1 atom stereocenters. The van der Waals surface area contributed by atoms with Gasteiger partial charge in [-0.15, -0.1) is 0 Å². The van der Waals surface area contributed by atoms with E-state index in [9.17, 15) is 4.79 Å². The highest BCUT2D eigenvalue weighted by Gasteiger charge is 2.32. The number of aromatic nitrogens is 2. The van der Waals surface area contributed by atoms with E-state index in [1.807, 2.05) is 0 Å². The predicted octanol–water partition coefficient (Wildman–Crippen LogP) is -0.358. The Bertz CT molecular complexity index is 270. The summed E-state index contributed by atoms with van der Waals surface area (Å²) in [4.78, 5) is 14.6. The molecule has 5 nitrogen and oxygen atoms in total. The molecule has 3 N–H and O–H groups in total. The molecule has 12 heavy (non-hydrogen) atoms. The quantitative estimate of drug-likeness (QED) is 0.647. The lowest BCUT2D eigenvalue weighted by Gasteiger charge is -2.23. The van der Waals surface area contributed by atoms with Crippen LogP contribution in [-0.2, 0) is 10.3 Å². The summed E-state index contributed by atoms with van der Waals surface area (Å²) in [6.45, 7) is 1.59. The highest BCUT2D eigenvalue weighted by Crippen LogP contribution is 2.13. The summed E-state index contributed by atoms with van der Waals surface area (Å²) in [5.41, 5.74) is 4.28. The molecule has 0 aliphatic heterocycles. The molecule has 0 saturated carbocycles. The molecule has 1 aromatic heterocycles. The van der Waals surface area contributed by atoms with Gasteiger partial charge >= 0.3 is 5.97 Å². The first-order valence-electron chi connectivity index (χ1n) is 3.53. The Hall–Kier alpha value is -1.36. The van der Waals surface area contributed by atoms with Crippen molar-refractivity contribution in [1.29, 1.82) is 0 Å². The van der Waals surface area contributed by atoms with Gasteiger partial charge in [-0.2, -0.15) is 0 Å². The number of carboxylic acids is 1. The number of imidazole rings is 1. The Morgan fingerprint density at radius 1 is 1.83 bits per heavy atom. The molecule has 0 spiro atoms. The predicted molar refractivity (Wildman–Crippen MR) is 42.6 cm³/mol. The summed E-state index contributed by atoms with van der Waals surface area (Å²) < 4.78 is 1.48. The van der Waals surface area contributed by atoms with Gasteiger partial charge in [0.05, 0.1) is 6.33 Å². The second-order valence-electron chi connectivity index (χ2n) is 2.75. The van der Waals surface area contributed by atoms with Gasteiger partial charge in [-0.1, -0.05) is 0 Å². The standard InChI is InChI=1S/C7H11N3O2/c1-7(4-8,6(11)12)10-3-2-9-5-10/h2-3,5H,4,8H2,1H3,(H,11,12)/t7-/m0/s1. The Morgan fingerprint density at radius 2 is 2.50 bits per heavy atom. The average molecular weight is 169 g/mol. The highest BCUT2D eigenvalue weighted by atomic mass is 16.4. The maximum Gasteiger partial charge on any atom is 0.330 e. The van der Waals surface area contributed by atoms with Crippen LogP contribution in [0.25, 0.3) is 0 Å². The number of nitrogens with zero attached hydrogens (tertiary/aromatic N) is 2. The van der Waals surface area contributed by atoms with Crippen molar-refractivity contribution in [3.63, 3.8) is 0 Å². The van der Waals surface area contributed by atoms with E-state index in [0.717, 1.165) is 0 Å². The summed E-state index contributed by atoms with van der Waals surface area (Å²) >= 11 is 0. The van der Waals surface area contributed by atoms with Crippen molar-refractivity contribution in [1.82, 2.24) is 9.55 Å². The van der Waals surface area contributed by atoms with E-state index in [1.54, 1.807) is 13.1 Å². The molecule has 0 aromatic carbocycles. The first kappa shape index (κ1) is 8.73. The first-order chi connectivity index (χ1) is 5.61. The number of carboxylic acid groups (broad SMARTS) is 1. The molecule has 0 saturated heterocycles. The summed E-state index contributed by atoms with van der Waals surface area (Å²) in [6.07, 6.45) is 4.55. The minimum Gasteiger partial charge on any atom is -0.479 e. The lowest BCUT2D eigenvalue weighted by molar-refractivity contribution is -0.146. The van der Waals surface area contributed by atoms with Gasteiger partial charge in [0.15, 0.2) is 5.54 Å². The third kappa shape index (κ3) is 1.18. The minimum atomic E-state index is -1.09. The number of rotatable bonds is 3. The van der Waals surface area contributed by atoms with Gasteiger partial charge in [0.25, 0.3) is 0 Å². The van der Waals surface area contributed by atoms with Crippen molar-refractivity contribution in [3.05, 3.63) is 18.7 Å². The number of hydrogen-bond donors (Lipinski definition) is 2. The summed E-state index contributed by atoms with van der Waals surface area (Å²) in [6, 6.07) is 0. The Labute approximate surface area is 69.8 Å². The third-order valence-corrected chi connectivity index (χ3v) is 1.93. The molecule has 5 heteroatoms. The van der Waals surface area contributed by atoms with Crippen LogP contribution in [0.1, 0.15) is 6.92 Å². The molecule has 1 aromatic rings. The fraction of sp³-hybridized carbons (Fsp3) is 0.429. The highest BCUT2D eigenvalue weighted by molar-refractivity contribution is 5.76. The van der Waals surface area contributed by atoms with Crippen LogP contribution in [0.15, 0.2) is 18.7 Å². The Morgan fingerprint density at radius 3 is 2.83 bits per heavy atom. The summed E-state index contributed by atoms with van der Waals surface area (Å²) in [5, 5.41) is 8.88. The van der Waals surface area contributed by atoms with Crippen LogP contribution >= 0.6 is 0 Å². The zero-order valence-corrected chi connectivity index (χ0v) is 6.77. The molecular weight excluding hydrogens is 158 g/mol. The van der Waals surface area contributed by atoms with Crippen molar-refractivity contribution in [3.8, 4) is 0 Å². The van der Waals surface area contributed by atoms with E-state index < -0.39 is 11.5 Å². The largest absolute Gasteiger partial charge is 0.479 e. The van der Waals surface area contributed by atoms with Crippen LogP contribution in [-0.4, -0.2) is 27.2 Å². The molecule has 0 fully saturated rings. The van der Waals surface area contributed by atoms with E-state index >= 15 is 0 Å².